The summed E-state index contributed by atoms with van der Waals surface area (Å²) < 4.78 is 0. The van der Waals surface area contributed by atoms with Crippen LogP contribution in [0.1, 0.15) is 35.8 Å². The lowest BCUT2D eigenvalue weighted by Gasteiger charge is -1.99. The van der Waals surface area contributed by atoms with E-state index in [9.17, 15) is 0 Å². The minimum Gasteiger partial charge on any atom is -0.193 e. The summed E-state index contributed by atoms with van der Waals surface area (Å²) in [4.78, 5) is 6.67. The molecule has 3 rings (SSSR count). The number of rotatable bonds is 5. The lowest BCUT2D eigenvalue weighted by molar-refractivity contribution is 0.804. The number of aliphatic imine (C=N–C) groups is 1. The summed E-state index contributed by atoms with van der Waals surface area (Å²) in [7, 11) is 0. The average molecular weight is 408 g/mol. The van der Waals surface area contributed by atoms with Gasteiger partial charge in [0.2, 0.25) is 0 Å². The van der Waals surface area contributed by atoms with Gasteiger partial charge in [-0.1, -0.05) is 48.9 Å². The molecule has 4 heteroatoms. The van der Waals surface area contributed by atoms with Crippen molar-refractivity contribution in [1.82, 2.24) is 0 Å². The summed E-state index contributed by atoms with van der Waals surface area (Å²) in [6.45, 7) is 2.23. The second kappa shape index (κ2) is 9.65. The van der Waals surface area contributed by atoms with E-state index in [0.717, 1.165) is 11.1 Å². The van der Waals surface area contributed by atoms with Crippen molar-refractivity contribution in [1.29, 1.82) is 0 Å². The third kappa shape index (κ3) is 5.39. The van der Waals surface area contributed by atoms with Gasteiger partial charge in [-0.3, -0.25) is 0 Å². The maximum Gasteiger partial charge on any atom is 0.0926 e. The summed E-state index contributed by atoms with van der Waals surface area (Å²) in [6, 6.07) is 18.3. The summed E-state index contributed by atoms with van der Waals surface area (Å²) in [5.74, 6) is 6.32. The molecule has 1 nitrogen and oxygen atoms in total. The molecule has 0 atom stereocenters. The molecule has 0 amide bonds. The van der Waals surface area contributed by atoms with Gasteiger partial charge >= 0.3 is 0 Å². The number of thiocarbonyl (C=S) groups is 1. The van der Waals surface area contributed by atoms with E-state index in [4.69, 9.17) is 11.6 Å². The van der Waals surface area contributed by atoms with E-state index in [1.54, 1.807) is 12.1 Å². The molecular formula is C23H18ClNS2. The molecule has 0 N–H and O–H groups in total. The molecule has 0 unspecified atom stereocenters. The topological polar surface area (TPSA) is 12.4 Å². The molecule has 0 aliphatic heterocycles. The average Bonchev–Trinajstić information content (AvgIpc) is 3.16. The highest BCUT2D eigenvalue weighted by molar-refractivity contribution is 7.78. The summed E-state index contributed by atoms with van der Waals surface area (Å²) in [5.41, 5.74) is 3.65. The number of hydrogen-bond acceptors (Lipinski definition) is 3. The maximum atomic E-state index is 6.17. The van der Waals surface area contributed by atoms with E-state index < -0.39 is 0 Å². The maximum absolute atomic E-state index is 6.17. The van der Waals surface area contributed by atoms with Gasteiger partial charge in [0.1, 0.15) is 0 Å². The predicted octanol–water partition coefficient (Wildman–Crippen LogP) is 7.55. The SMILES string of the molecule is CCCCc1ccc(-c2ccc(C#Cc3ccc(N=C=S)c(Cl)c3)cc2)s1. The Morgan fingerprint density at radius 1 is 1.00 bits per heavy atom. The number of isothiocyanates is 1. The van der Waals surface area contributed by atoms with E-state index in [0.29, 0.717) is 10.7 Å². The third-order valence-corrected chi connectivity index (χ3v) is 5.66. The van der Waals surface area contributed by atoms with E-state index in [1.165, 1.54) is 34.6 Å². The first kappa shape index (κ1) is 19.5. The monoisotopic (exact) mass is 407 g/mol. The molecule has 134 valence electrons. The second-order valence-corrected chi connectivity index (χ2v) is 7.82. The molecule has 0 radical (unpaired) electrons. The van der Waals surface area contributed by atoms with E-state index in [2.05, 4.69) is 77.5 Å². The largest absolute Gasteiger partial charge is 0.193 e. The Labute approximate surface area is 174 Å². The molecule has 3 aromatic rings. The van der Waals surface area contributed by atoms with Gasteiger partial charge in [-0.25, -0.2) is 0 Å². The van der Waals surface area contributed by atoms with Gasteiger partial charge in [-0.05, 0) is 73.1 Å². The van der Waals surface area contributed by atoms with Crippen LogP contribution in [0, 0.1) is 11.8 Å². The number of benzene rings is 2. The van der Waals surface area contributed by atoms with E-state index >= 15 is 0 Å². The number of thiophene rings is 1. The van der Waals surface area contributed by atoms with E-state index in [-0.39, 0.29) is 0 Å². The van der Waals surface area contributed by atoms with Gasteiger partial charge in [-0.15, -0.1) is 11.3 Å². The highest BCUT2D eigenvalue weighted by Crippen LogP contribution is 2.29. The van der Waals surface area contributed by atoms with E-state index in [1.807, 2.05) is 17.4 Å². The zero-order valence-electron chi connectivity index (χ0n) is 15.0. The van der Waals surface area contributed by atoms with Crippen LogP contribution < -0.4 is 0 Å². The Balaban J connectivity index is 1.73. The zero-order chi connectivity index (χ0) is 19.1. The number of nitrogens with zero attached hydrogens (tertiary/aromatic N) is 1. The van der Waals surface area contributed by atoms with Crippen LogP contribution in [0.2, 0.25) is 5.02 Å². The van der Waals surface area contributed by atoms with Crippen LogP contribution in [0.4, 0.5) is 5.69 Å². The Kier molecular flexibility index (Phi) is 6.98. The van der Waals surface area contributed by atoms with Crippen molar-refractivity contribution in [2.45, 2.75) is 26.2 Å². The van der Waals surface area contributed by atoms with Gasteiger partial charge in [0.05, 0.1) is 15.9 Å². The molecule has 0 saturated heterocycles. The van der Waals surface area contributed by atoms with Crippen molar-refractivity contribution in [3.63, 3.8) is 0 Å². The molecule has 0 bridgehead atoms. The Morgan fingerprint density at radius 3 is 2.44 bits per heavy atom. The van der Waals surface area contributed by atoms with Crippen LogP contribution in [0.15, 0.2) is 59.6 Å². The molecule has 1 heterocycles. The molecule has 2 aromatic carbocycles. The number of hydrogen-bond donors (Lipinski definition) is 0. The fraction of sp³-hybridized carbons (Fsp3) is 0.174. The molecular weight excluding hydrogens is 390 g/mol. The highest BCUT2D eigenvalue weighted by atomic mass is 35.5. The van der Waals surface area contributed by atoms with Crippen LogP contribution in [-0.4, -0.2) is 5.16 Å². The van der Waals surface area contributed by atoms with Crippen LogP contribution in [0.5, 0.6) is 0 Å². The summed E-state index contributed by atoms with van der Waals surface area (Å²) in [6.07, 6.45) is 3.65. The lowest BCUT2D eigenvalue weighted by Crippen LogP contribution is -1.78. The third-order valence-electron chi connectivity index (χ3n) is 4.07. The molecule has 0 fully saturated rings. The first-order valence-corrected chi connectivity index (χ1v) is 10.4. The van der Waals surface area contributed by atoms with Gasteiger partial charge in [0, 0.05) is 20.9 Å². The van der Waals surface area contributed by atoms with Crippen molar-refractivity contribution in [2.75, 3.05) is 0 Å². The standard InChI is InChI=1S/C23H18ClNS2/c1-2-3-4-20-12-14-23(27-20)19-10-7-17(8-11-19)5-6-18-9-13-22(25-16-26)21(24)15-18/h7-15H,2-4H2,1H3. The Morgan fingerprint density at radius 2 is 1.74 bits per heavy atom. The van der Waals surface area contributed by atoms with Crippen LogP contribution in [0.25, 0.3) is 10.4 Å². The van der Waals surface area contributed by atoms with Gasteiger partial charge in [-0.2, -0.15) is 4.99 Å². The summed E-state index contributed by atoms with van der Waals surface area (Å²) in [5, 5.41) is 2.84. The molecule has 0 aliphatic carbocycles. The molecule has 0 saturated carbocycles. The molecule has 27 heavy (non-hydrogen) atoms. The number of aryl methyl sites for hydroxylation is 1. The highest BCUT2D eigenvalue weighted by Gasteiger charge is 2.03. The molecule has 0 aliphatic rings. The minimum atomic E-state index is 0.520. The van der Waals surface area contributed by atoms with Crippen LogP contribution >= 0.6 is 35.2 Å². The normalized spacial score (nSPS) is 10.0. The van der Waals surface area contributed by atoms with Gasteiger partial charge in [0.15, 0.2) is 0 Å². The van der Waals surface area contributed by atoms with Gasteiger partial charge < -0.3 is 0 Å². The predicted molar refractivity (Wildman–Crippen MR) is 120 cm³/mol. The zero-order valence-corrected chi connectivity index (χ0v) is 17.3. The van der Waals surface area contributed by atoms with Gasteiger partial charge in [0.25, 0.3) is 0 Å². The second-order valence-electron chi connectivity index (χ2n) is 6.07. The molecule has 0 spiro atoms. The fourth-order valence-corrected chi connectivity index (χ4v) is 3.98. The first-order chi connectivity index (χ1) is 13.2. The quantitative estimate of drug-likeness (QED) is 0.241. The number of unbranched alkanes of at least 4 members (excludes halogenated alkanes) is 1. The van der Waals surface area contributed by atoms with Crippen molar-refractivity contribution in [3.05, 3.63) is 75.6 Å². The van der Waals surface area contributed by atoms with Crippen molar-refractivity contribution in [3.8, 4) is 22.3 Å². The fourth-order valence-electron chi connectivity index (χ4n) is 2.61. The van der Waals surface area contributed by atoms with Crippen LogP contribution in [0.3, 0.4) is 0 Å². The van der Waals surface area contributed by atoms with Crippen molar-refractivity contribution < 1.29 is 0 Å². The summed E-state index contributed by atoms with van der Waals surface area (Å²) >= 11 is 12.6. The van der Waals surface area contributed by atoms with Crippen LogP contribution in [-0.2, 0) is 6.42 Å². The smallest absolute Gasteiger partial charge is 0.0926 e. The lowest BCUT2D eigenvalue weighted by atomic mass is 10.1. The first-order valence-electron chi connectivity index (χ1n) is 8.78. The number of halogens is 1. The Bertz CT molecular complexity index is 1030. The van der Waals surface area contributed by atoms with Crippen molar-refractivity contribution in [2.24, 2.45) is 4.99 Å². The van der Waals surface area contributed by atoms with Crippen molar-refractivity contribution >= 4 is 46.0 Å². The Hall–Kier alpha value is -2.21. The minimum absolute atomic E-state index is 0.520. The molecule has 1 aromatic heterocycles.